The van der Waals surface area contributed by atoms with Gasteiger partial charge in [-0.05, 0) is 42.5 Å². The van der Waals surface area contributed by atoms with E-state index in [4.69, 9.17) is 16.7 Å². The zero-order valence-corrected chi connectivity index (χ0v) is 13.2. The van der Waals surface area contributed by atoms with Gasteiger partial charge in [0.1, 0.15) is 5.82 Å². The molecule has 0 saturated carbocycles. The fourth-order valence-electron chi connectivity index (χ4n) is 2.01. The van der Waals surface area contributed by atoms with Gasteiger partial charge in [-0.1, -0.05) is 23.7 Å². The molecule has 0 aliphatic rings. The number of nitrogens with zero attached hydrogens (tertiary/aromatic N) is 2. The minimum absolute atomic E-state index is 0.218. The first kappa shape index (κ1) is 15.8. The van der Waals surface area contributed by atoms with Crippen molar-refractivity contribution in [3.8, 4) is 0 Å². The molecule has 3 N–H and O–H groups in total. The van der Waals surface area contributed by atoms with Crippen LogP contribution in [0.15, 0.2) is 60.8 Å². The van der Waals surface area contributed by atoms with Crippen molar-refractivity contribution in [3.63, 3.8) is 0 Å². The van der Waals surface area contributed by atoms with Gasteiger partial charge in [0.25, 0.3) is 0 Å². The molecule has 2 aromatic carbocycles. The molecule has 0 aliphatic heterocycles. The number of hydrogen-bond acceptors (Lipinski definition) is 5. The summed E-state index contributed by atoms with van der Waals surface area (Å²) in [6.07, 6.45) is 1.61. The second-order valence-electron chi connectivity index (χ2n) is 4.88. The number of carboxylic acid groups (broad SMARTS) is 1. The van der Waals surface area contributed by atoms with E-state index >= 15 is 0 Å². The molecule has 0 fully saturated rings. The van der Waals surface area contributed by atoms with Crippen molar-refractivity contribution in [2.45, 2.75) is 0 Å². The molecule has 24 heavy (non-hydrogen) atoms. The number of carboxylic acids is 1. The lowest BCUT2D eigenvalue weighted by molar-refractivity contribution is 0.0697. The summed E-state index contributed by atoms with van der Waals surface area (Å²) in [5.41, 5.74) is 1.65. The van der Waals surface area contributed by atoms with E-state index in [-0.39, 0.29) is 5.56 Å². The number of carbonyl (C=O) groups is 1. The Hall–Kier alpha value is -3.12. The van der Waals surface area contributed by atoms with Crippen molar-refractivity contribution in [1.29, 1.82) is 0 Å². The van der Waals surface area contributed by atoms with Crippen LogP contribution < -0.4 is 10.6 Å². The van der Waals surface area contributed by atoms with E-state index in [1.165, 1.54) is 12.1 Å². The van der Waals surface area contributed by atoms with Gasteiger partial charge in [0.2, 0.25) is 5.95 Å². The quantitative estimate of drug-likeness (QED) is 0.641. The molecule has 0 amide bonds. The average Bonchev–Trinajstić information content (AvgIpc) is 2.58. The van der Waals surface area contributed by atoms with E-state index in [1.54, 1.807) is 30.5 Å². The molecule has 1 heterocycles. The van der Waals surface area contributed by atoms with Crippen molar-refractivity contribution in [2.75, 3.05) is 10.6 Å². The normalized spacial score (nSPS) is 10.2. The third-order valence-corrected chi connectivity index (χ3v) is 3.51. The molecule has 3 aromatic rings. The molecule has 6 nitrogen and oxygen atoms in total. The molecule has 0 saturated heterocycles. The summed E-state index contributed by atoms with van der Waals surface area (Å²) in [7, 11) is 0. The van der Waals surface area contributed by atoms with Gasteiger partial charge < -0.3 is 15.7 Å². The van der Waals surface area contributed by atoms with E-state index in [0.29, 0.717) is 22.5 Å². The summed E-state index contributed by atoms with van der Waals surface area (Å²) in [5, 5.41) is 15.6. The van der Waals surface area contributed by atoms with Gasteiger partial charge in [0, 0.05) is 11.9 Å². The van der Waals surface area contributed by atoms with E-state index in [1.807, 2.05) is 18.2 Å². The van der Waals surface area contributed by atoms with E-state index in [9.17, 15) is 4.79 Å². The summed E-state index contributed by atoms with van der Waals surface area (Å²) < 4.78 is 0. The maximum absolute atomic E-state index is 10.9. The molecule has 1 aromatic heterocycles. The van der Waals surface area contributed by atoms with E-state index < -0.39 is 5.97 Å². The number of nitrogens with one attached hydrogen (secondary N) is 2. The smallest absolute Gasteiger partial charge is 0.335 e. The number of aromatic nitrogens is 2. The van der Waals surface area contributed by atoms with Crippen molar-refractivity contribution in [2.24, 2.45) is 0 Å². The standard InChI is InChI=1S/C17H13ClN4O2/c18-13-3-1-2-4-14(13)21-15-9-10-19-17(22-15)20-12-7-5-11(6-8-12)16(23)24/h1-10H,(H,23,24)(H2,19,20,21,22). The van der Waals surface area contributed by atoms with Crippen LogP contribution in [0.4, 0.5) is 23.1 Å². The van der Waals surface area contributed by atoms with Gasteiger partial charge in [-0.2, -0.15) is 4.98 Å². The molecule has 0 bridgehead atoms. The Morgan fingerprint density at radius 3 is 2.46 bits per heavy atom. The largest absolute Gasteiger partial charge is 0.478 e. The Kier molecular flexibility index (Phi) is 4.58. The van der Waals surface area contributed by atoms with Crippen LogP contribution in [-0.2, 0) is 0 Å². The van der Waals surface area contributed by atoms with Crippen molar-refractivity contribution < 1.29 is 9.90 Å². The Morgan fingerprint density at radius 1 is 1.00 bits per heavy atom. The SMILES string of the molecule is O=C(O)c1ccc(Nc2nccc(Nc3ccccc3Cl)n2)cc1. The van der Waals surface area contributed by atoms with Crippen LogP contribution in [0.3, 0.4) is 0 Å². The summed E-state index contributed by atoms with van der Waals surface area (Å²) in [5.74, 6) is 0.00150. The van der Waals surface area contributed by atoms with Gasteiger partial charge in [-0.25, -0.2) is 9.78 Å². The Morgan fingerprint density at radius 2 is 1.75 bits per heavy atom. The highest BCUT2D eigenvalue weighted by molar-refractivity contribution is 6.33. The van der Waals surface area contributed by atoms with E-state index in [2.05, 4.69) is 20.6 Å². The summed E-state index contributed by atoms with van der Waals surface area (Å²) in [6.45, 7) is 0. The lowest BCUT2D eigenvalue weighted by Gasteiger charge is -2.09. The molecular weight excluding hydrogens is 328 g/mol. The third-order valence-electron chi connectivity index (χ3n) is 3.18. The number of benzene rings is 2. The first-order chi connectivity index (χ1) is 11.6. The number of halogens is 1. The van der Waals surface area contributed by atoms with Crippen molar-refractivity contribution >= 4 is 40.7 Å². The molecule has 0 unspecified atom stereocenters. The Bertz CT molecular complexity index is 868. The lowest BCUT2D eigenvalue weighted by atomic mass is 10.2. The molecule has 3 rings (SSSR count). The van der Waals surface area contributed by atoms with Gasteiger partial charge >= 0.3 is 5.97 Å². The second-order valence-corrected chi connectivity index (χ2v) is 5.29. The first-order valence-electron chi connectivity index (χ1n) is 7.07. The number of rotatable bonds is 5. The second kappa shape index (κ2) is 6.97. The van der Waals surface area contributed by atoms with Crippen LogP contribution in [0.2, 0.25) is 5.02 Å². The Labute approximate surface area is 143 Å². The van der Waals surface area contributed by atoms with Gasteiger partial charge in [0.15, 0.2) is 0 Å². The molecule has 0 atom stereocenters. The van der Waals surface area contributed by atoms with Crippen molar-refractivity contribution in [1.82, 2.24) is 9.97 Å². The average molecular weight is 341 g/mol. The fourth-order valence-corrected chi connectivity index (χ4v) is 2.20. The van der Waals surface area contributed by atoms with Crippen LogP contribution in [0.5, 0.6) is 0 Å². The topological polar surface area (TPSA) is 87.1 Å². The minimum Gasteiger partial charge on any atom is -0.478 e. The Balaban J connectivity index is 1.75. The highest BCUT2D eigenvalue weighted by Crippen LogP contribution is 2.24. The molecule has 120 valence electrons. The maximum Gasteiger partial charge on any atom is 0.335 e. The van der Waals surface area contributed by atoms with Gasteiger partial charge in [-0.3, -0.25) is 0 Å². The molecule has 0 radical (unpaired) electrons. The highest BCUT2D eigenvalue weighted by atomic mass is 35.5. The van der Waals surface area contributed by atoms with Crippen LogP contribution in [0.25, 0.3) is 0 Å². The number of anilines is 4. The van der Waals surface area contributed by atoms with E-state index in [0.717, 1.165) is 5.69 Å². The van der Waals surface area contributed by atoms with Gasteiger partial charge in [-0.15, -0.1) is 0 Å². The zero-order valence-electron chi connectivity index (χ0n) is 12.4. The van der Waals surface area contributed by atoms with Crippen LogP contribution in [-0.4, -0.2) is 21.0 Å². The zero-order chi connectivity index (χ0) is 16.9. The summed E-state index contributed by atoms with van der Waals surface area (Å²) >= 11 is 6.11. The number of hydrogen-bond donors (Lipinski definition) is 3. The molecule has 0 spiro atoms. The highest BCUT2D eigenvalue weighted by Gasteiger charge is 2.05. The first-order valence-corrected chi connectivity index (χ1v) is 7.44. The number of aromatic carboxylic acids is 1. The third kappa shape index (κ3) is 3.80. The van der Waals surface area contributed by atoms with Crippen LogP contribution in [0.1, 0.15) is 10.4 Å². The van der Waals surface area contributed by atoms with Gasteiger partial charge in [0.05, 0.1) is 16.3 Å². The van der Waals surface area contributed by atoms with Crippen LogP contribution >= 0.6 is 11.6 Å². The fraction of sp³-hybridized carbons (Fsp3) is 0. The molecule has 7 heteroatoms. The number of para-hydroxylation sites is 1. The predicted molar refractivity (Wildman–Crippen MR) is 93.5 cm³/mol. The summed E-state index contributed by atoms with van der Waals surface area (Å²) in [4.78, 5) is 19.4. The molecular formula is C17H13ClN4O2. The predicted octanol–water partition coefficient (Wildman–Crippen LogP) is 4.32. The summed E-state index contributed by atoms with van der Waals surface area (Å²) in [6, 6.07) is 15.4. The monoisotopic (exact) mass is 340 g/mol. The lowest BCUT2D eigenvalue weighted by Crippen LogP contribution is -2.01. The molecule has 0 aliphatic carbocycles. The van der Waals surface area contributed by atoms with Crippen LogP contribution in [0, 0.1) is 0 Å². The maximum atomic E-state index is 10.9. The minimum atomic E-state index is -0.969. The van der Waals surface area contributed by atoms with Crippen molar-refractivity contribution in [3.05, 3.63) is 71.4 Å².